The summed E-state index contributed by atoms with van der Waals surface area (Å²) >= 11 is 0. The third-order valence-electron chi connectivity index (χ3n) is 3.94. The molecule has 0 radical (unpaired) electrons. The molecule has 2 aromatic rings. The molecular weight excluding hydrogens is 268 g/mol. The smallest absolute Gasteiger partial charge is 0.204 e. The van der Waals surface area contributed by atoms with E-state index in [0.717, 1.165) is 38.3 Å². The summed E-state index contributed by atoms with van der Waals surface area (Å²) in [7, 11) is 1.60. The second-order valence-corrected chi connectivity index (χ2v) is 5.27. The minimum absolute atomic E-state index is 0.390. The van der Waals surface area contributed by atoms with E-state index in [1.54, 1.807) is 7.11 Å². The van der Waals surface area contributed by atoms with Crippen molar-refractivity contribution in [3.8, 4) is 5.75 Å². The lowest BCUT2D eigenvalue weighted by Crippen LogP contribution is -2.36. The lowest BCUT2D eigenvalue weighted by atomic mass is 9.97. The Bertz CT molecular complexity index is 577. The third-order valence-corrected chi connectivity index (χ3v) is 3.94. The normalized spacial score (nSPS) is 16.1. The molecule has 1 aliphatic rings. The van der Waals surface area contributed by atoms with Crippen LogP contribution in [0.25, 0.3) is 0 Å². The monoisotopic (exact) mass is 288 g/mol. The second kappa shape index (κ2) is 5.99. The third kappa shape index (κ3) is 2.91. The van der Waals surface area contributed by atoms with Crippen molar-refractivity contribution in [2.75, 3.05) is 30.8 Å². The standard InChI is InChI=1S/C14H20N6O/c1-21-12-13(15)16-10-17-14(12)19-7-3-11(4-8-19)9-20-6-2-5-18-20/h2,5-6,10-11H,3-4,7-9H2,1H3,(H2,15,16,17). The van der Waals surface area contributed by atoms with Crippen molar-refractivity contribution in [3.63, 3.8) is 0 Å². The van der Waals surface area contributed by atoms with Gasteiger partial charge in [-0.2, -0.15) is 5.10 Å². The van der Waals surface area contributed by atoms with Gasteiger partial charge in [-0.3, -0.25) is 4.68 Å². The molecule has 1 aliphatic heterocycles. The number of nitrogens with zero attached hydrogens (tertiary/aromatic N) is 5. The van der Waals surface area contributed by atoms with Gasteiger partial charge in [0.1, 0.15) is 6.33 Å². The zero-order valence-corrected chi connectivity index (χ0v) is 12.1. The molecule has 7 heteroatoms. The summed E-state index contributed by atoms with van der Waals surface area (Å²) in [5.74, 6) is 2.40. The summed E-state index contributed by atoms with van der Waals surface area (Å²) < 4.78 is 7.34. The number of ether oxygens (including phenoxy) is 1. The summed E-state index contributed by atoms with van der Waals surface area (Å²) in [5.41, 5.74) is 5.84. The number of aromatic nitrogens is 4. The molecule has 0 saturated carbocycles. The van der Waals surface area contributed by atoms with Gasteiger partial charge in [-0.05, 0) is 24.8 Å². The molecule has 0 amide bonds. The van der Waals surface area contributed by atoms with Crippen LogP contribution in [0.2, 0.25) is 0 Å². The fourth-order valence-electron chi connectivity index (χ4n) is 2.80. The number of rotatable bonds is 4. The van der Waals surface area contributed by atoms with Crippen molar-refractivity contribution >= 4 is 11.6 Å². The van der Waals surface area contributed by atoms with Crippen LogP contribution in [0.5, 0.6) is 5.75 Å². The van der Waals surface area contributed by atoms with E-state index in [2.05, 4.69) is 20.0 Å². The number of nitrogen functional groups attached to an aromatic ring is 1. The van der Waals surface area contributed by atoms with Gasteiger partial charge in [-0.1, -0.05) is 0 Å². The fourth-order valence-corrected chi connectivity index (χ4v) is 2.80. The molecule has 2 N–H and O–H groups in total. The molecule has 21 heavy (non-hydrogen) atoms. The zero-order chi connectivity index (χ0) is 14.7. The number of anilines is 2. The molecule has 0 spiro atoms. The number of hydrogen-bond acceptors (Lipinski definition) is 6. The highest BCUT2D eigenvalue weighted by molar-refractivity contribution is 5.62. The molecule has 1 saturated heterocycles. The maximum atomic E-state index is 5.84. The van der Waals surface area contributed by atoms with Gasteiger partial charge in [0, 0.05) is 32.0 Å². The van der Waals surface area contributed by atoms with Crippen LogP contribution < -0.4 is 15.4 Å². The first-order chi connectivity index (χ1) is 10.3. The Kier molecular flexibility index (Phi) is 3.89. The number of methoxy groups -OCH3 is 1. The Hall–Kier alpha value is -2.31. The van der Waals surface area contributed by atoms with E-state index in [0.29, 0.717) is 17.5 Å². The molecule has 7 nitrogen and oxygen atoms in total. The summed E-state index contributed by atoms with van der Waals surface area (Å²) in [6, 6.07) is 1.96. The molecule has 0 aliphatic carbocycles. The molecule has 0 unspecified atom stereocenters. The first kappa shape index (κ1) is 13.7. The maximum Gasteiger partial charge on any atom is 0.204 e. The summed E-state index contributed by atoms with van der Waals surface area (Å²) in [6.07, 6.45) is 7.53. The van der Waals surface area contributed by atoms with Crippen LogP contribution in [0.1, 0.15) is 12.8 Å². The highest BCUT2D eigenvalue weighted by Crippen LogP contribution is 2.32. The molecule has 0 bridgehead atoms. The van der Waals surface area contributed by atoms with Crippen LogP contribution in [0.15, 0.2) is 24.8 Å². The van der Waals surface area contributed by atoms with Crippen LogP contribution >= 0.6 is 0 Å². The average Bonchev–Trinajstić information content (AvgIpc) is 3.01. The zero-order valence-electron chi connectivity index (χ0n) is 12.1. The Morgan fingerprint density at radius 2 is 2.14 bits per heavy atom. The van der Waals surface area contributed by atoms with Gasteiger partial charge in [0.05, 0.1) is 7.11 Å². The van der Waals surface area contributed by atoms with Crippen LogP contribution in [-0.4, -0.2) is 39.9 Å². The van der Waals surface area contributed by atoms with E-state index in [1.165, 1.54) is 6.33 Å². The highest BCUT2D eigenvalue weighted by Gasteiger charge is 2.23. The van der Waals surface area contributed by atoms with Crippen LogP contribution in [0.4, 0.5) is 11.6 Å². The van der Waals surface area contributed by atoms with Crippen molar-refractivity contribution < 1.29 is 4.74 Å². The number of hydrogen-bond donors (Lipinski definition) is 1. The minimum Gasteiger partial charge on any atom is -0.490 e. The van der Waals surface area contributed by atoms with Gasteiger partial charge in [-0.25, -0.2) is 9.97 Å². The fraction of sp³-hybridized carbons (Fsp3) is 0.500. The summed E-state index contributed by atoms with van der Waals surface area (Å²) in [4.78, 5) is 10.5. The Morgan fingerprint density at radius 3 is 2.81 bits per heavy atom. The van der Waals surface area contributed by atoms with Gasteiger partial charge in [0.25, 0.3) is 0 Å². The van der Waals surface area contributed by atoms with Crippen LogP contribution in [0.3, 0.4) is 0 Å². The maximum absolute atomic E-state index is 5.84. The average molecular weight is 288 g/mol. The van der Waals surface area contributed by atoms with Gasteiger partial charge >= 0.3 is 0 Å². The molecule has 3 rings (SSSR count). The van der Waals surface area contributed by atoms with E-state index < -0.39 is 0 Å². The highest BCUT2D eigenvalue weighted by atomic mass is 16.5. The van der Waals surface area contributed by atoms with Crippen molar-refractivity contribution in [2.45, 2.75) is 19.4 Å². The van der Waals surface area contributed by atoms with Gasteiger partial charge in [0.2, 0.25) is 5.75 Å². The van der Waals surface area contributed by atoms with Crippen molar-refractivity contribution in [1.29, 1.82) is 0 Å². The minimum atomic E-state index is 0.390. The van der Waals surface area contributed by atoms with E-state index in [9.17, 15) is 0 Å². The van der Waals surface area contributed by atoms with Crippen molar-refractivity contribution in [3.05, 3.63) is 24.8 Å². The van der Waals surface area contributed by atoms with Crippen LogP contribution in [-0.2, 0) is 6.54 Å². The largest absolute Gasteiger partial charge is 0.490 e. The van der Waals surface area contributed by atoms with Gasteiger partial charge in [0.15, 0.2) is 11.6 Å². The molecule has 1 fully saturated rings. The Morgan fingerprint density at radius 1 is 1.33 bits per heavy atom. The molecule has 3 heterocycles. The molecule has 0 atom stereocenters. The summed E-state index contributed by atoms with van der Waals surface area (Å²) in [5, 5.41) is 4.27. The van der Waals surface area contributed by atoms with Gasteiger partial charge < -0.3 is 15.4 Å². The lowest BCUT2D eigenvalue weighted by molar-refractivity contribution is 0.338. The van der Waals surface area contributed by atoms with Crippen LogP contribution in [0, 0.1) is 5.92 Å². The van der Waals surface area contributed by atoms with E-state index >= 15 is 0 Å². The van der Waals surface area contributed by atoms with E-state index in [4.69, 9.17) is 10.5 Å². The SMILES string of the molecule is COc1c(N)ncnc1N1CCC(Cn2cccn2)CC1. The van der Waals surface area contributed by atoms with E-state index in [1.807, 2.05) is 23.1 Å². The van der Waals surface area contributed by atoms with Crippen molar-refractivity contribution in [2.24, 2.45) is 5.92 Å². The molecule has 112 valence electrons. The Balaban J connectivity index is 1.64. The predicted octanol–water partition coefficient (Wildman–Crippen LogP) is 1.18. The molecular formula is C14H20N6O. The number of piperidine rings is 1. The quantitative estimate of drug-likeness (QED) is 0.909. The van der Waals surface area contributed by atoms with E-state index in [-0.39, 0.29) is 0 Å². The summed E-state index contributed by atoms with van der Waals surface area (Å²) in [6.45, 7) is 2.86. The predicted molar refractivity (Wildman–Crippen MR) is 80.2 cm³/mol. The Labute approximate surface area is 123 Å². The van der Waals surface area contributed by atoms with Gasteiger partial charge in [-0.15, -0.1) is 0 Å². The first-order valence-electron chi connectivity index (χ1n) is 7.14. The second-order valence-electron chi connectivity index (χ2n) is 5.27. The molecule has 0 aromatic carbocycles. The van der Waals surface area contributed by atoms with Crippen molar-refractivity contribution in [1.82, 2.24) is 19.7 Å². The topological polar surface area (TPSA) is 82.1 Å². The number of nitrogens with two attached hydrogens (primary N) is 1. The molecule has 2 aromatic heterocycles. The first-order valence-corrected chi connectivity index (χ1v) is 7.14. The lowest BCUT2D eigenvalue weighted by Gasteiger charge is -2.33.